The van der Waals surface area contributed by atoms with Crippen LogP contribution in [0.25, 0.3) is 0 Å². The van der Waals surface area contributed by atoms with Gasteiger partial charge in [-0.25, -0.2) is 4.39 Å². The quantitative estimate of drug-likeness (QED) is 0.550. The summed E-state index contributed by atoms with van der Waals surface area (Å²) >= 11 is 0. The SMILES string of the molecule is CN=C(NCCc1ccc(F)cc1)NCC(=O)NC1CCCCC1. The molecule has 0 radical (unpaired) electrons. The summed E-state index contributed by atoms with van der Waals surface area (Å²) in [6.45, 7) is 0.877. The number of halogens is 1. The van der Waals surface area contributed by atoms with E-state index in [9.17, 15) is 9.18 Å². The van der Waals surface area contributed by atoms with Gasteiger partial charge in [0.25, 0.3) is 0 Å². The van der Waals surface area contributed by atoms with Crippen LogP contribution in [-0.2, 0) is 11.2 Å². The molecule has 0 bridgehead atoms. The number of nitrogens with zero attached hydrogens (tertiary/aromatic N) is 1. The fourth-order valence-electron chi connectivity index (χ4n) is 2.89. The molecule has 0 spiro atoms. The minimum Gasteiger partial charge on any atom is -0.356 e. The molecule has 0 saturated heterocycles. The Bertz CT molecular complexity index is 538. The molecule has 6 heteroatoms. The Morgan fingerprint density at radius 2 is 1.88 bits per heavy atom. The molecule has 1 saturated carbocycles. The van der Waals surface area contributed by atoms with Gasteiger partial charge in [0.05, 0.1) is 6.54 Å². The summed E-state index contributed by atoms with van der Waals surface area (Å²) < 4.78 is 12.9. The third-order valence-corrected chi connectivity index (χ3v) is 4.23. The van der Waals surface area contributed by atoms with Gasteiger partial charge in [-0.15, -0.1) is 0 Å². The lowest BCUT2D eigenvalue weighted by atomic mass is 9.95. The van der Waals surface area contributed by atoms with Crippen molar-refractivity contribution in [2.75, 3.05) is 20.1 Å². The Hall–Kier alpha value is -2.11. The number of amides is 1. The molecule has 1 amide bonds. The largest absolute Gasteiger partial charge is 0.356 e. The zero-order valence-corrected chi connectivity index (χ0v) is 14.3. The molecule has 1 fully saturated rings. The smallest absolute Gasteiger partial charge is 0.239 e. The van der Waals surface area contributed by atoms with Crippen LogP contribution >= 0.6 is 0 Å². The fraction of sp³-hybridized carbons (Fsp3) is 0.556. The number of carbonyl (C=O) groups is 1. The number of rotatable bonds is 6. The Kier molecular flexibility index (Phi) is 7.52. The maximum Gasteiger partial charge on any atom is 0.239 e. The first-order valence-corrected chi connectivity index (χ1v) is 8.65. The summed E-state index contributed by atoms with van der Waals surface area (Å²) in [5.74, 6) is 0.368. The monoisotopic (exact) mass is 334 g/mol. The van der Waals surface area contributed by atoms with Crippen molar-refractivity contribution in [3.8, 4) is 0 Å². The number of carbonyl (C=O) groups excluding carboxylic acids is 1. The summed E-state index contributed by atoms with van der Waals surface area (Å²) in [6, 6.07) is 6.77. The summed E-state index contributed by atoms with van der Waals surface area (Å²) in [7, 11) is 1.67. The Balaban J connectivity index is 1.64. The van der Waals surface area contributed by atoms with Crippen molar-refractivity contribution in [2.24, 2.45) is 4.99 Å². The minimum absolute atomic E-state index is 0.00313. The van der Waals surface area contributed by atoms with Crippen molar-refractivity contribution in [1.29, 1.82) is 0 Å². The van der Waals surface area contributed by atoms with Crippen molar-refractivity contribution in [3.05, 3.63) is 35.6 Å². The number of benzene rings is 1. The van der Waals surface area contributed by atoms with Crippen LogP contribution < -0.4 is 16.0 Å². The molecule has 0 heterocycles. The molecular formula is C18H27FN4O. The van der Waals surface area contributed by atoms with Crippen molar-refractivity contribution in [3.63, 3.8) is 0 Å². The number of hydrogen-bond acceptors (Lipinski definition) is 2. The zero-order valence-electron chi connectivity index (χ0n) is 14.3. The van der Waals surface area contributed by atoms with E-state index in [1.54, 1.807) is 19.2 Å². The topological polar surface area (TPSA) is 65.5 Å². The molecule has 1 aromatic rings. The highest BCUT2D eigenvalue weighted by atomic mass is 19.1. The average Bonchev–Trinajstić information content (AvgIpc) is 2.60. The van der Waals surface area contributed by atoms with Crippen LogP contribution in [0.3, 0.4) is 0 Å². The summed E-state index contributed by atoms with van der Waals surface area (Å²) in [5, 5.41) is 9.24. The molecule has 0 unspecified atom stereocenters. The molecule has 3 N–H and O–H groups in total. The van der Waals surface area contributed by atoms with E-state index in [4.69, 9.17) is 0 Å². The predicted molar refractivity (Wildman–Crippen MR) is 94.5 cm³/mol. The molecule has 1 aliphatic rings. The molecule has 0 atom stereocenters. The van der Waals surface area contributed by atoms with Gasteiger partial charge in [-0.3, -0.25) is 9.79 Å². The molecule has 24 heavy (non-hydrogen) atoms. The molecule has 0 aromatic heterocycles. The van der Waals surface area contributed by atoms with Gasteiger partial charge in [-0.05, 0) is 37.0 Å². The Morgan fingerprint density at radius 3 is 2.54 bits per heavy atom. The second-order valence-corrected chi connectivity index (χ2v) is 6.13. The lowest BCUT2D eigenvalue weighted by Gasteiger charge is -2.23. The standard InChI is InChI=1S/C18H27FN4O/c1-20-18(21-12-11-14-7-9-15(19)10-8-14)22-13-17(24)23-16-5-3-2-4-6-16/h7-10,16H,2-6,11-13H2,1H3,(H,23,24)(H2,20,21,22). The molecule has 1 aromatic carbocycles. The lowest BCUT2D eigenvalue weighted by Crippen LogP contribution is -2.46. The first-order valence-electron chi connectivity index (χ1n) is 8.65. The maximum atomic E-state index is 12.9. The van der Waals surface area contributed by atoms with E-state index in [0.29, 0.717) is 18.5 Å². The van der Waals surface area contributed by atoms with E-state index in [0.717, 1.165) is 24.8 Å². The molecule has 0 aliphatic heterocycles. The lowest BCUT2D eigenvalue weighted by molar-refractivity contribution is -0.120. The summed E-state index contributed by atoms with van der Waals surface area (Å²) in [4.78, 5) is 16.1. The molecule has 5 nitrogen and oxygen atoms in total. The Labute approximate surface area is 143 Å². The second kappa shape index (κ2) is 9.90. The van der Waals surface area contributed by atoms with Gasteiger partial charge >= 0.3 is 0 Å². The van der Waals surface area contributed by atoms with Crippen LogP contribution in [0.5, 0.6) is 0 Å². The minimum atomic E-state index is -0.229. The van der Waals surface area contributed by atoms with Crippen LogP contribution in [0.2, 0.25) is 0 Å². The van der Waals surface area contributed by atoms with Gasteiger partial charge in [0, 0.05) is 19.6 Å². The third kappa shape index (κ3) is 6.56. The van der Waals surface area contributed by atoms with Crippen molar-refractivity contribution >= 4 is 11.9 Å². The molecule has 2 rings (SSSR count). The van der Waals surface area contributed by atoms with E-state index >= 15 is 0 Å². The maximum absolute atomic E-state index is 12.9. The van der Waals surface area contributed by atoms with Crippen LogP contribution in [0.4, 0.5) is 4.39 Å². The number of guanidine groups is 1. The fourth-order valence-corrected chi connectivity index (χ4v) is 2.89. The third-order valence-electron chi connectivity index (χ3n) is 4.23. The zero-order chi connectivity index (χ0) is 17.2. The van der Waals surface area contributed by atoms with Gasteiger partial charge in [-0.2, -0.15) is 0 Å². The highest BCUT2D eigenvalue weighted by Gasteiger charge is 2.15. The number of hydrogen-bond donors (Lipinski definition) is 3. The van der Waals surface area contributed by atoms with Gasteiger partial charge in [0.1, 0.15) is 5.82 Å². The summed E-state index contributed by atoms with van der Waals surface area (Å²) in [5.41, 5.74) is 1.05. The van der Waals surface area contributed by atoms with Gasteiger partial charge in [0.15, 0.2) is 5.96 Å². The van der Waals surface area contributed by atoms with E-state index in [-0.39, 0.29) is 18.3 Å². The number of aliphatic imine (C=N–C) groups is 1. The van der Waals surface area contributed by atoms with E-state index in [1.807, 2.05) is 0 Å². The van der Waals surface area contributed by atoms with E-state index in [2.05, 4.69) is 20.9 Å². The van der Waals surface area contributed by atoms with Crippen LogP contribution in [0.1, 0.15) is 37.7 Å². The number of nitrogens with one attached hydrogen (secondary N) is 3. The van der Waals surface area contributed by atoms with Crippen LogP contribution in [0, 0.1) is 5.82 Å². The van der Waals surface area contributed by atoms with Crippen LogP contribution in [-0.4, -0.2) is 38.0 Å². The van der Waals surface area contributed by atoms with E-state index < -0.39 is 0 Å². The highest BCUT2D eigenvalue weighted by molar-refractivity contribution is 5.86. The highest BCUT2D eigenvalue weighted by Crippen LogP contribution is 2.17. The van der Waals surface area contributed by atoms with Crippen molar-refractivity contribution in [2.45, 2.75) is 44.6 Å². The van der Waals surface area contributed by atoms with Gasteiger partial charge in [0.2, 0.25) is 5.91 Å². The van der Waals surface area contributed by atoms with Gasteiger partial charge < -0.3 is 16.0 Å². The predicted octanol–water partition coefficient (Wildman–Crippen LogP) is 1.98. The normalized spacial score (nSPS) is 15.8. The molecule has 1 aliphatic carbocycles. The van der Waals surface area contributed by atoms with Crippen molar-refractivity contribution in [1.82, 2.24) is 16.0 Å². The molecule has 132 valence electrons. The van der Waals surface area contributed by atoms with Gasteiger partial charge in [-0.1, -0.05) is 31.4 Å². The average molecular weight is 334 g/mol. The summed E-state index contributed by atoms with van der Waals surface area (Å²) in [6.07, 6.45) is 6.59. The Morgan fingerprint density at radius 1 is 1.17 bits per heavy atom. The first kappa shape index (κ1) is 18.2. The first-order chi connectivity index (χ1) is 11.7. The van der Waals surface area contributed by atoms with E-state index in [1.165, 1.54) is 31.4 Å². The van der Waals surface area contributed by atoms with Crippen molar-refractivity contribution < 1.29 is 9.18 Å². The van der Waals surface area contributed by atoms with Crippen LogP contribution in [0.15, 0.2) is 29.3 Å². The molecular weight excluding hydrogens is 307 g/mol. The second-order valence-electron chi connectivity index (χ2n) is 6.13.